The number of halogens is 1. The maximum Gasteiger partial charge on any atom is 0.323 e. The minimum atomic E-state index is -0.432. The highest BCUT2D eigenvalue weighted by Crippen LogP contribution is 2.39. The molecule has 2 atom stereocenters. The predicted molar refractivity (Wildman–Crippen MR) is 173 cm³/mol. The second-order valence-corrected chi connectivity index (χ2v) is 11.6. The van der Waals surface area contributed by atoms with E-state index in [1.54, 1.807) is 48.5 Å². The molecular weight excluding hydrogens is 578 g/mol. The first-order chi connectivity index (χ1) is 21.4. The van der Waals surface area contributed by atoms with Gasteiger partial charge in [-0.2, -0.15) is 0 Å². The Hall–Kier alpha value is -4.76. The Morgan fingerprint density at radius 2 is 1.75 bits per heavy atom. The molecule has 0 spiro atoms. The van der Waals surface area contributed by atoms with Crippen molar-refractivity contribution in [1.29, 1.82) is 0 Å². The van der Waals surface area contributed by atoms with Crippen molar-refractivity contribution in [3.63, 3.8) is 0 Å². The topological polar surface area (TPSA) is 105 Å². The lowest BCUT2D eigenvalue weighted by Gasteiger charge is -2.44. The monoisotopic (exact) mass is 611 g/mol. The van der Waals surface area contributed by atoms with Crippen LogP contribution < -0.4 is 31.1 Å². The van der Waals surface area contributed by atoms with Crippen LogP contribution >= 0.6 is 11.6 Å². The molecule has 2 aliphatic heterocycles. The summed E-state index contributed by atoms with van der Waals surface area (Å²) in [6.07, 6.45) is 1.00. The average molecular weight is 612 g/mol. The second kappa shape index (κ2) is 12.9. The fraction of sp³-hybridized carbons (Fsp3) is 0.265. The first-order valence-electron chi connectivity index (χ1n) is 14.8. The van der Waals surface area contributed by atoms with E-state index in [1.807, 2.05) is 47.9 Å². The van der Waals surface area contributed by atoms with Crippen LogP contribution in [0.1, 0.15) is 40.9 Å². The van der Waals surface area contributed by atoms with Crippen LogP contribution in [-0.4, -0.2) is 36.2 Å². The Morgan fingerprint density at radius 1 is 0.932 bits per heavy atom. The lowest BCUT2D eigenvalue weighted by Crippen LogP contribution is -2.47. The van der Waals surface area contributed by atoms with Crippen molar-refractivity contribution in [3.8, 4) is 5.75 Å². The summed E-state index contributed by atoms with van der Waals surface area (Å²) in [4.78, 5) is 41.2. The smallest absolute Gasteiger partial charge is 0.323 e. The van der Waals surface area contributed by atoms with E-state index >= 15 is 0 Å². The van der Waals surface area contributed by atoms with E-state index in [9.17, 15) is 14.4 Å². The maximum atomic E-state index is 13.2. The molecule has 44 heavy (non-hydrogen) atoms. The first kappa shape index (κ1) is 29.3. The van der Waals surface area contributed by atoms with Gasteiger partial charge >= 0.3 is 6.03 Å². The van der Waals surface area contributed by atoms with E-state index < -0.39 is 6.03 Å². The van der Waals surface area contributed by atoms with Crippen molar-refractivity contribution in [3.05, 3.63) is 117 Å². The van der Waals surface area contributed by atoms with Crippen LogP contribution in [0.15, 0.2) is 89.7 Å². The van der Waals surface area contributed by atoms with E-state index in [0.717, 1.165) is 35.7 Å². The first-order valence-corrected chi connectivity index (χ1v) is 15.2. The summed E-state index contributed by atoms with van der Waals surface area (Å²) in [6, 6.07) is 24.9. The molecule has 0 unspecified atom stereocenters. The van der Waals surface area contributed by atoms with Gasteiger partial charge in [0.05, 0.1) is 18.0 Å². The van der Waals surface area contributed by atoms with Gasteiger partial charge in [-0.25, -0.2) is 4.79 Å². The third-order valence-electron chi connectivity index (χ3n) is 8.15. The molecule has 9 nitrogen and oxygen atoms in total. The second-order valence-electron chi connectivity index (χ2n) is 11.1. The van der Waals surface area contributed by atoms with Gasteiger partial charge in [-0.3, -0.25) is 9.59 Å². The Labute approximate surface area is 260 Å². The van der Waals surface area contributed by atoms with Gasteiger partial charge in [0.1, 0.15) is 5.75 Å². The summed E-state index contributed by atoms with van der Waals surface area (Å²) >= 11 is 6.28. The lowest BCUT2D eigenvalue weighted by atomic mass is 9.83. The van der Waals surface area contributed by atoms with Gasteiger partial charge in [0.25, 0.3) is 11.5 Å². The van der Waals surface area contributed by atoms with Gasteiger partial charge < -0.3 is 30.2 Å². The number of nitrogens with one attached hydrogen (secondary N) is 3. The molecule has 1 saturated heterocycles. The average Bonchev–Trinajstić information content (AvgIpc) is 3.02. The van der Waals surface area contributed by atoms with Crippen molar-refractivity contribution in [2.24, 2.45) is 5.92 Å². The Bertz CT molecular complexity index is 1740. The number of fused-ring (bicyclic) bond motifs is 4. The van der Waals surface area contributed by atoms with Crippen LogP contribution in [0.4, 0.5) is 21.9 Å². The Balaban J connectivity index is 1.25. The van der Waals surface area contributed by atoms with E-state index in [2.05, 4.69) is 20.9 Å². The van der Waals surface area contributed by atoms with Crippen LogP contribution in [0.2, 0.25) is 5.02 Å². The number of pyridine rings is 1. The highest BCUT2D eigenvalue weighted by atomic mass is 35.5. The van der Waals surface area contributed by atoms with Crippen molar-refractivity contribution in [1.82, 2.24) is 9.88 Å². The fourth-order valence-electron chi connectivity index (χ4n) is 6.15. The standard InChI is InChI=1S/C34H34ClN5O4/c1-2-44-27-13-11-26(12-14-27)37-34(43)38-29-17-23(33(42)36-18-24-6-3-4-7-28(24)35)10-15-31(29)39-19-22-16-25(21-39)30-8-5-9-32(41)40(30)20-22/h3-15,17,22,25H,2,16,18-21H2,1H3,(H,36,42)(H2,37,38,43)/t22-,25+/m1/s1. The molecule has 226 valence electrons. The molecule has 0 saturated carbocycles. The number of urea groups is 1. The molecule has 10 heteroatoms. The molecule has 0 radical (unpaired) electrons. The molecule has 3 amide bonds. The number of carbonyl (C=O) groups excluding carboxylic acids is 2. The van der Waals surface area contributed by atoms with Crippen LogP contribution in [0.5, 0.6) is 5.75 Å². The van der Waals surface area contributed by atoms with Crippen LogP contribution in [-0.2, 0) is 13.1 Å². The summed E-state index contributed by atoms with van der Waals surface area (Å²) in [5.41, 5.74) is 4.23. The molecule has 1 fully saturated rings. The quantitative estimate of drug-likeness (QED) is 0.223. The summed E-state index contributed by atoms with van der Waals surface area (Å²) in [5.74, 6) is 0.900. The van der Waals surface area contributed by atoms with Crippen molar-refractivity contribution >= 4 is 40.6 Å². The number of hydrogen-bond donors (Lipinski definition) is 3. The van der Waals surface area contributed by atoms with Gasteiger partial charge in [-0.15, -0.1) is 0 Å². The summed E-state index contributed by atoms with van der Waals surface area (Å²) in [7, 11) is 0. The normalized spacial score (nSPS) is 16.9. The molecule has 2 aliphatic rings. The summed E-state index contributed by atoms with van der Waals surface area (Å²) in [6.45, 7) is 4.81. The molecule has 3 heterocycles. The van der Waals surface area contributed by atoms with Crippen molar-refractivity contribution < 1.29 is 14.3 Å². The van der Waals surface area contributed by atoms with Gasteiger partial charge in [0, 0.05) is 60.1 Å². The van der Waals surface area contributed by atoms with Gasteiger partial charge in [0.2, 0.25) is 0 Å². The number of aromatic nitrogens is 1. The number of carbonyl (C=O) groups is 2. The molecule has 0 aliphatic carbocycles. The van der Waals surface area contributed by atoms with Crippen LogP contribution in [0, 0.1) is 5.92 Å². The summed E-state index contributed by atoms with van der Waals surface area (Å²) in [5, 5.41) is 9.37. The minimum absolute atomic E-state index is 0.0334. The molecule has 6 rings (SSSR count). The van der Waals surface area contributed by atoms with E-state index in [0.29, 0.717) is 41.7 Å². The zero-order chi connectivity index (χ0) is 30.6. The zero-order valence-electron chi connectivity index (χ0n) is 24.4. The number of rotatable bonds is 8. The number of benzene rings is 3. The van der Waals surface area contributed by atoms with Crippen molar-refractivity contribution in [2.45, 2.75) is 32.4 Å². The number of hydrogen-bond acceptors (Lipinski definition) is 5. The van der Waals surface area contributed by atoms with Gasteiger partial charge in [-0.05, 0) is 79.4 Å². The fourth-order valence-corrected chi connectivity index (χ4v) is 6.35. The number of ether oxygens (including phenoxy) is 1. The SMILES string of the molecule is CCOc1ccc(NC(=O)Nc2cc(C(=O)NCc3ccccc3Cl)ccc2N2C[C@H]3C[C@@H](C2)c2cccc(=O)n2C3)cc1. The molecule has 3 N–H and O–H groups in total. The van der Waals surface area contributed by atoms with Gasteiger partial charge in [0.15, 0.2) is 0 Å². The zero-order valence-corrected chi connectivity index (χ0v) is 25.1. The van der Waals surface area contributed by atoms with Crippen LogP contribution in [0.3, 0.4) is 0 Å². The van der Waals surface area contributed by atoms with Crippen LogP contribution in [0.25, 0.3) is 0 Å². The molecule has 2 bridgehead atoms. The highest BCUT2D eigenvalue weighted by molar-refractivity contribution is 6.31. The lowest BCUT2D eigenvalue weighted by molar-refractivity contribution is 0.0951. The van der Waals surface area contributed by atoms with E-state index in [1.165, 1.54) is 0 Å². The predicted octanol–water partition coefficient (Wildman–Crippen LogP) is 6.10. The molecule has 4 aromatic rings. The Kier molecular flexibility index (Phi) is 8.56. The molecule has 3 aromatic carbocycles. The van der Waals surface area contributed by atoms with E-state index in [-0.39, 0.29) is 29.8 Å². The number of anilines is 3. The highest BCUT2D eigenvalue weighted by Gasteiger charge is 2.35. The third-order valence-corrected chi connectivity index (χ3v) is 8.52. The Morgan fingerprint density at radius 3 is 2.55 bits per heavy atom. The minimum Gasteiger partial charge on any atom is -0.494 e. The number of nitrogens with zero attached hydrogens (tertiary/aromatic N) is 2. The van der Waals surface area contributed by atoms with Gasteiger partial charge in [-0.1, -0.05) is 35.9 Å². The molecular formula is C34H34ClN5O4. The largest absolute Gasteiger partial charge is 0.494 e. The summed E-state index contributed by atoms with van der Waals surface area (Å²) < 4.78 is 7.39. The number of amides is 3. The maximum absolute atomic E-state index is 13.2. The third kappa shape index (κ3) is 6.43. The van der Waals surface area contributed by atoms with E-state index in [4.69, 9.17) is 16.3 Å². The number of piperidine rings is 1. The molecule has 1 aromatic heterocycles. The van der Waals surface area contributed by atoms with Crippen molar-refractivity contribution in [2.75, 3.05) is 35.2 Å².